The predicted molar refractivity (Wildman–Crippen MR) is 47.3 cm³/mol. The van der Waals surface area contributed by atoms with E-state index in [-0.39, 0.29) is 11.5 Å². The van der Waals surface area contributed by atoms with E-state index in [1.54, 1.807) is 13.8 Å². The van der Waals surface area contributed by atoms with Crippen molar-refractivity contribution < 1.29 is 22.0 Å². The lowest BCUT2D eigenvalue weighted by Crippen LogP contribution is -2.20. The molecule has 1 heterocycles. The lowest BCUT2D eigenvalue weighted by atomic mass is 10.0. The summed E-state index contributed by atoms with van der Waals surface area (Å²) >= 11 is 0. The zero-order valence-electron chi connectivity index (χ0n) is 8.72. The Morgan fingerprint density at radius 3 is 2.25 bits per heavy atom. The van der Waals surface area contributed by atoms with Gasteiger partial charge in [-0.05, 0) is 5.92 Å². The van der Waals surface area contributed by atoms with Gasteiger partial charge in [0.1, 0.15) is 12.2 Å². The Labute approximate surface area is 89.1 Å². The number of hydrogen-bond donors (Lipinski definition) is 0. The van der Waals surface area contributed by atoms with Crippen molar-refractivity contribution in [1.29, 1.82) is 0 Å². The van der Waals surface area contributed by atoms with Crippen molar-refractivity contribution >= 4 is 0 Å². The van der Waals surface area contributed by atoms with Crippen molar-refractivity contribution in [1.82, 2.24) is 9.78 Å². The normalized spacial score (nSPS) is 12.8. The third kappa shape index (κ3) is 2.93. The molecule has 0 aliphatic rings. The second-order valence-electron chi connectivity index (χ2n) is 3.71. The summed E-state index contributed by atoms with van der Waals surface area (Å²) in [6.45, 7) is 1.76. The summed E-state index contributed by atoms with van der Waals surface area (Å²) in [4.78, 5) is 0. The Balaban J connectivity index is 3.11. The fourth-order valence-corrected chi connectivity index (χ4v) is 1.39. The Hall–Kier alpha value is -1.14. The minimum Gasteiger partial charge on any atom is -0.254 e. The second kappa shape index (κ2) is 4.39. The molecule has 0 bridgehead atoms. The van der Waals surface area contributed by atoms with Crippen LogP contribution in [0.4, 0.5) is 22.0 Å². The first-order chi connectivity index (χ1) is 7.22. The number of hydrogen-bond acceptors (Lipinski definition) is 1. The van der Waals surface area contributed by atoms with Gasteiger partial charge in [-0.25, -0.2) is 8.78 Å². The van der Waals surface area contributed by atoms with Crippen molar-refractivity contribution in [3.8, 4) is 0 Å². The standard InChI is InChI=1S/C9H11F5N2/c1-5(2)6-3-15-16(4-9(12,13)14)7(6)8(10)11/h3,5,8H,4H2,1-2H3. The molecule has 0 fully saturated rings. The van der Waals surface area contributed by atoms with E-state index in [0.717, 1.165) is 6.20 Å². The van der Waals surface area contributed by atoms with Crippen LogP contribution in [0.3, 0.4) is 0 Å². The molecule has 0 atom stereocenters. The van der Waals surface area contributed by atoms with Crippen LogP contribution in [0.5, 0.6) is 0 Å². The first-order valence-electron chi connectivity index (χ1n) is 4.63. The monoisotopic (exact) mass is 242 g/mol. The molecule has 0 saturated carbocycles. The lowest BCUT2D eigenvalue weighted by Gasteiger charge is -2.12. The van der Waals surface area contributed by atoms with E-state index in [1.165, 1.54) is 0 Å². The molecule has 1 aromatic rings. The van der Waals surface area contributed by atoms with Crippen molar-refractivity contribution in [2.45, 2.75) is 38.9 Å². The molecule has 0 spiro atoms. The Morgan fingerprint density at radius 2 is 1.88 bits per heavy atom. The van der Waals surface area contributed by atoms with Gasteiger partial charge in [0.15, 0.2) is 0 Å². The van der Waals surface area contributed by atoms with Gasteiger partial charge in [-0.15, -0.1) is 0 Å². The molecule has 7 heteroatoms. The Morgan fingerprint density at radius 1 is 1.31 bits per heavy atom. The van der Waals surface area contributed by atoms with E-state index in [0.29, 0.717) is 4.68 Å². The quantitative estimate of drug-likeness (QED) is 0.741. The summed E-state index contributed by atoms with van der Waals surface area (Å²) in [6, 6.07) is 0. The molecule has 0 aliphatic carbocycles. The molecule has 0 aromatic carbocycles. The van der Waals surface area contributed by atoms with Crippen LogP contribution in [0.15, 0.2) is 6.20 Å². The first kappa shape index (κ1) is 12.9. The highest BCUT2D eigenvalue weighted by molar-refractivity contribution is 5.22. The van der Waals surface area contributed by atoms with E-state index in [2.05, 4.69) is 5.10 Å². The maximum absolute atomic E-state index is 12.6. The average Bonchev–Trinajstić information content (AvgIpc) is 2.44. The molecule has 0 N–H and O–H groups in total. The molecule has 0 radical (unpaired) electrons. The molecular formula is C9H11F5N2. The van der Waals surface area contributed by atoms with E-state index in [9.17, 15) is 22.0 Å². The molecule has 1 aromatic heterocycles. The van der Waals surface area contributed by atoms with E-state index in [4.69, 9.17) is 0 Å². The minimum absolute atomic E-state index is 0.152. The van der Waals surface area contributed by atoms with Gasteiger partial charge >= 0.3 is 6.18 Å². The smallest absolute Gasteiger partial charge is 0.254 e. The summed E-state index contributed by atoms with van der Waals surface area (Å²) in [6.07, 6.45) is -6.44. The van der Waals surface area contributed by atoms with Gasteiger partial charge in [0.05, 0.1) is 6.20 Å². The zero-order chi connectivity index (χ0) is 12.5. The van der Waals surface area contributed by atoms with E-state index >= 15 is 0 Å². The maximum Gasteiger partial charge on any atom is 0.408 e. The third-order valence-electron chi connectivity index (χ3n) is 2.07. The summed E-state index contributed by atoms with van der Waals surface area (Å²) < 4.78 is 61.8. The number of alkyl halides is 5. The van der Waals surface area contributed by atoms with Crippen LogP contribution in [0.1, 0.15) is 37.4 Å². The van der Waals surface area contributed by atoms with Crippen molar-refractivity contribution in [3.63, 3.8) is 0 Å². The van der Waals surface area contributed by atoms with Crippen molar-refractivity contribution in [2.75, 3.05) is 0 Å². The van der Waals surface area contributed by atoms with E-state index in [1.807, 2.05) is 0 Å². The summed E-state index contributed by atoms with van der Waals surface area (Å²) in [5, 5.41) is 3.36. The minimum atomic E-state index is -4.55. The molecule has 16 heavy (non-hydrogen) atoms. The van der Waals surface area contributed by atoms with Gasteiger partial charge in [0.2, 0.25) is 0 Å². The number of rotatable bonds is 3. The molecule has 0 amide bonds. The number of halogens is 5. The van der Waals surface area contributed by atoms with Gasteiger partial charge < -0.3 is 0 Å². The largest absolute Gasteiger partial charge is 0.408 e. The van der Waals surface area contributed by atoms with Crippen LogP contribution in [0.25, 0.3) is 0 Å². The van der Waals surface area contributed by atoms with Gasteiger partial charge in [0.25, 0.3) is 6.43 Å². The fraction of sp³-hybridized carbons (Fsp3) is 0.667. The number of nitrogens with zero attached hydrogens (tertiary/aromatic N) is 2. The third-order valence-corrected chi connectivity index (χ3v) is 2.07. The molecule has 2 nitrogen and oxygen atoms in total. The van der Waals surface area contributed by atoms with Gasteiger partial charge in [-0.3, -0.25) is 4.68 Å². The predicted octanol–water partition coefficient (Wildman–Crippen LogP) is 3.51. The van der Waals surface area contributed by atoms with Gasteiger partial charge in [-0.1, -0.05) is 13.8 Å². The van der Waals surface area contributed by atoms with Crippen LogP contribution in [0, 0.1) is 0 Å². The average molecular weight is 242 g/mol. The van der Waals surface area contributed by atoms with Gasteiger partial charge in [-0.2, -0.15) is 18.3 Å². The van der Waals surface area contributed by atoms with Gasteiger partial charge in [0, 0.05) is 5.56 Å². The van der Waals surface area contributed by atoms with Crippen LogP contribution >= 0.6 is 0 Å². The summed E-state index contributed by atoms with van der Waals surface area (Å²) in [7, 11) is 0. The molecule has 0 saturated heterocycles. The topological polar surface area (TPSA) is 17.8 Å². The molecular weight excluding hydrogens is 231 g/mol. The van der Waals surface area contributed by atoms with Crippen LogP contribution < -0.4 is 0 Å². The molecule has 92 valence electrons. The Bertz CT molecular complexity index is 353. The van der Waals surface area contributed by atoms with Crippen LogP contribution in [-0.2, 0) is 6.54 Å². The molecule has 0 unspecified atom stereocenters. The maximum atomic E-state index is 12.6. The molecule has 0 aliphatic heterocycles. The van der Waals surface area contributed by atoms with Crippen LogP contribution in [-0.4, -0.2) is 16.0 Å². The SMILES string of the molecule is CC(C)c1cnn(CC(F)(F)F)c1C(F)F. The van der Waals surface area contributed by atoms with Crippen LogP contribution in [0.2, 0.25) is 0 Å². The van der Waals surface area contributed by atoms with Crippen molar-refractivity contribution in [2.24, 2.45) is 0 Å². The highest BCUT2D eigenvalue weighted by Gasteiger charge is 2.32. The van der Waals surface area contributed by atoms with E-state index < -0.39 is 24.8 Å². The second-order valence-corrected chi connectivity index (χ2v) is 3.71. The summed E-state index contributed by atoms with van der Waals surface area (Å²) in [5.74, 6) is -0.286. The summed E-state index contributed by atoms with van der Waals surface area (Å²) in [5.41, 5.74) is -0.494. The Kier molecular flexibility index (Phi) is 3.54. The highest BCUT2D eigenvalue weighted by Crippen LogP contribution is 2.30. The van der Waals surface area contributed by atoms with Crippen molar-refractivity contribution in [3.05, 3.63) is 17.5 Å². The first-order valence-corrected chi connectivity index (χ1v) is 4.63. The zero-order valence-corrected chi connectivity index (χ0v) is 8.72. The lowest BCUT2D eigenvalue weighted by molar-refractivity contribution is -0.143. The molecule has 1 rings (SSSR count). The number of aromatic nitrogens is 2. The fourth-order valence-electron chi connectivity index (χ4n) is 1.39. The highest BCUT2D eigenvalue weighted by atomic mass is 19.4.